The van der Waals surface area contributed by atoms with Gasteiger partial charge >= 0.3 is 0 Å². The molecule has 0 spiro atoms. The van der Waals surface area contributed by atoms with Gasteiger partial charge in [0.1, 0.15) is 5.75 Å². The molecule has 0 aliphatic carbocycles. The maximum absolute atomic E-state index is 12.6. The van der Waals surface area contributed by atoms with E-state index >= 15 is 0 Å². The van der Waals surface area contributed by atoms with E-state index in [1.54, 1.807) is 14.0 Å². The summed E-state index contributed by atoms with van der Waals surface area (Å²) in [5, 5.41) is 0. The lowest BCUT2D eigenvalue weighted by molar-refractivity contribution is -0.132. The van der Waals surface area contributed by atoms with Gasteiger partial charge in [-0.1, -0.05) is 6.07 Å². The van der Waals surface area contributed by atoms with Gasteiger partial charge in [0.2, 0.25) is 11.8 Å². The average molecular weight is 318 g/mol. The van der Waals surface area contributed by atoms with Gasteiger partial charge in [-0.05, 0) is 43.0 Å². The van der Waals surface area contributed by atoms with E-state index in [-0.39, 0.29) is 11.8 Å². The molecule has 0 N–H and O–H groups in total. The van der Waals surface area contributed by atoms with Gasteiger partial charge in [0.25, 0.3) is 0 Å². The third-order valence-corrected chi connectivity index (χ3v) is 4.49. The molecular formula is C18H26N2O3. The number of carbonyl (C=O) groups is 2. The largest absolute Gasteiger partial charge is 0.496 e. The Hall–Kier alpha value is -2.04. The summed E-state index contributed by atoms with van der Waals surface area (Å²) in [6.45, 7) is 8.28. The molecule has 1 heterocycles. The van der Waals surface area contributed by atoms with Crippen molar-refractivity contribution in [3.8, 4) is 5.75 Å². The summed E-state index contributed by atoms with van der Waals surface area (Å²) in [6, 6.07) is 4.02. The van der Waals surface area contributed by atoms with Crippen molar-refractivity contribution in [2.24, 2.45) is 0 Å². The second kappa shape index (κ2) is 7.49. The minimum atomic E-state index is 0.0842. The number of amides is 2. The molecular weight excluding hydrogens is 292 g/mol. The molecule has 1 aromatic carbocycles. The molecule has 0 bridgehead atoms. The Balaban J connectivity index is 2.04. The first-order chi connectivity index (χ1) is 10.9. The number of benzene rings is 1. The number of nitrogens with zero attached hydrogens (tertiary/aromatic N) is 2. The molecule has 0 atom stereocenters. The van der Waals surface area contributed by atoms with E-state index in [1.165, 1.54) is 0 Å². The first-order valence-electron chi connectivity index (χ1n) is 8.09. The molecule has 1 saturated heterocycles. The molecule has 0 aromatic heterocycles. The van der Waals surface area contributed by atoms with Crippen LogP contribution in [0.15, 0.2) is 12.1 Å². The summed E-state index contributed by atoms with van der Waals surface area (Å²) in [5.74, 6) is 1.06. The second-order valence-electron chi connectivity index (χ2n) is 6.17. The van der Waals surface area contributed by atoms with Crippen LogP contribution < -0.4 is 4.74 Å². The number of hydrogen-bond donors (Lipinski definition) is 0. The number of methoxy groups -OCH3 is 1. The van der Waals surface area contributed by atoms with Crippen molar-refractivity contribution in [1.82, 2.24) is 9.80 Å². The zero-order chi connectivity index (χ0) is 17.0. The number of rotatable bonds is 3. The Morgan fingerprint density at radius 2 is 1.70 bits per heavy atom. The monoisotopic (exact) mass is 318 g/mol. The summed E-state index contributed by atoms with van der Waals surface area (Å²) in [6.07, 6.45) is 1.24. The van der Waals surface area contributed by atoms with Crippen LogP contribution in [0.4, 0.5) is 0 Å². The van der Waals surface area contributed by atoms with E-state index in [9.17, 15) is 9.59 Å². The van der Waals surface area contributed by atoms with Crippen LogP contribution in [0.2, 0.25) is 0 Å². The van der Waals surface area contributed by atoms with Gasteiger partial charge in [0, 0.05) is 33.1 Å². The lowest BCUT2D eigenvalue weighted by Gasteiger charge is -2.22. The van der Waals surface area contributed by atoms with Crippen molar-refractivity contribution in [2.75, 3.05) is 33.3 Å². The predicted molar refractivity (Wildman–Crippen MR) is 89.6 cm³/mol. The standard InChI is InChI=1S/C18H26N2O3/c1-13-11-17(23-4)14(2)10-16(13)12-18(22)20-7-5-6-19(8-9-20)15(3)21/h10-11H,5-9,12H2,1-4H3. The molecule has 126 valence electrons. The van der Waals surface area contributed by atoms with Crippen molar-refractivity contribution in [3.63, 3.8) is 0 Å². The third-order valence-electron chi connectivity index (χ3n) is 4.49. The van der Waals surface area contributed by atoms with Gasteiger partial charge in [-0.15, -0.1) is 0 Å². The van der Waals surface area contributed by atoms with E-state index in [2.05, 4.69) is 0 Å². The van der Waals surface area contributed by atoms with E-state index in [0.717, 1.165) is 42.0 Å². The summed E-state index contributed by atoms with van der Waals surface area (Å²) in [4.78, 5) is 27.8. The SMILES string of the molecule is COc1cc(C)c(CC(=O)N2CCCN(C(C)=O)CC2)cc1C. The molecule has 5 nitrogen and oxygen atoms in total. The van der Waals surface area contributed by atoms with Crippen LogP contribution in [-0.4, -0.2) is 54.9 Å². The van der Waals surface area contributed by atoms with Gasteiger partial charge in [0.15, 0.2) is 0 Å². The van der Waals surface area contributed by atoms with Crippen LogP contribution in [0, 0.1) is 13.8 Å². The van der Waals surface area contributed by atoms with Crippen molar-refractivity contribution < 1.29 is 14.3 Å². The molecule has 23 heavy (non-hydrogen) atoms. The highest BCUT2D eigenvalue weighted by molar-refractivity contribution is 5.79. The zero-order valence-electron chi connectivity index (χ0n) is 14.5. The first-order valence-corrected chi connectivity index (χ1v) is 8.09. The summed E-state index contributed by atoms with van der Waals surface area (Å²) < 4.78 is 5.32. The molecule has 5 heteroatoms. The molecule has 0 saturated carbocycles. The van der Waals surface area contributed by atoms with Crippen LogP contribution in [0.1, 0.15) is 30.0 Å². The fourth-order valence-electron chi connectivity index (χ4n) is 3.02. The topological polar surface area (TPSA) is 49.9 Å². The maximum Gasteiger partial charge on any atom is 0.227 e. The van der Waals surface area contributed by atoms with Crippen molar-refractivity contribution in [2.45, 2.75) is 33.6 Å². The fourth-order valence-corrected chi connectivity index (χ4v) is 3.02. The quantitative estimate of drug-likeness (QED) is 0.856. The lowest BCUT2D eigenvalue weighted by Crippen LogP contribution is -2.37. The normalized spacial score (nSPS) is 15.3. The van der Waals surface area contributed by atoms with Gasteiger partial charge < -0.3 is 14.5 Å². The van der Waals surface area contributed by atoms with E-state index in [1.807, 2.05) is 35.8 Å². The van der Waals surface area contributed by atoms with Gasteiger partial charge in [-0.3, -0.25) is 9.59 Å². The lowest BCUT2D eigenvalue weighted by atomic mass is 10.0. The molecule has 1 aromatic rings. The van der Waals surface area contributed by atoms with Crippen molar-refractivity contribution in [1.29, 1.82) is 0 Å². The number of carbonyl (C=O) groups excluding carboxylic acids is 2. The second-order valence-corrected chi connectivity index (χ2v) is 6.17. The fraction of sp³-hybridized carbons (Fsp3) is 0.556. The highest BCUT2D eigenvalue weighted by Crippen LogP contribution is 2.23. The zero-order valence-corrected chi connectivity index (χ0v) is 14.5. The number of hydrogen-bond acceptors (Lipinski definition) is 3. The molecule has 2 rings (SSSR count). The Kier molecular flexibility index (Phi) is 5.64. The Morgan fingerprint density at radius 3 is 2.35 bits per heavy atom. The number of ether oxygens (including phenoxy) is 1. The van der Waals surface area contributed by atoms with Crippen LogP contribution in [0.5, 0.6) is 5.75 Å². The van der Waals surface area contributed by atoms with Crippen molar-refractivity contribution >= 4 is 11.8 Å². The van der Waals surface area contributed by atoms with Crippen LogP contribution in [0.25, 0.3) is 0 Å². The highest BCUT2D eigenvalue weighted by Gasteiger charge is 2.21. The minimum absolute atomic E-state index is 0.0842. The van der Waals surface area contributed by atoms with Crippen molar-refractivity contribution in [3.05, 3.63) is 28.8 Å². The van der Waals surface area contributed by atoms with E-state index in [0.29, 0.717) is 19.5 Å². The summed E-state index contributed by atoms with van der Waals surface area (Å²) >= 11 is 0. The van der Waals surface area contributed by atoms with Crippen LogP contribution in [0.3, 0.4) is 0 Å². The predicted octanol–water partition coefficient (Wildman–Crippen LogP) is 1.94. The third kappa shape index (κ3) is 4.24. The molecule has 1 aliphatic rings. The maximum atomic E-state index is 12.6. The molecule has 1 fully saturated rings. The molecule has 2 amide bonds. The summed E-state index contributed by atoms with van der Waals surface area (Å²) in [7, 11) is 1.66. The first kappa shape index (κ1) is 17.3. The Labute approximate surface area is 138 Å². The molecule has 0 radical (unpaired) electrons. The Bertz CT molecular complexity index is 598. The smallest absolute Gasteiger partial charge is 0.227 e. The van der Waals surface area contributed by atoms with E-state index < -0.39 is 0 Å². The average Bonchev–Trinajstić information content (AvgIpc) is 2.76. The van der Waals surface area contributed by atoms with Gasteiger partial charge in [0.05, 0.1) is 13.5 Å². The van der Waals surface area contributed by atoms with Crippen LogP contribution in [-0.2, 0) is 16.0 Å². The molecule has 0 unspecified atom stereocenters. The number of aryl methyl sites for hydroxylation is 2. The minimum Gasteiger partial charge on any atom is -0.496 e. The van der Waals surface area contributed by atoms with Gasteiger partial charge in [-0.2, -0.15) is 0 Å². The van der Waals surface area contributed by atoms with Gasteiger partial charge in [-0.25, -0.2) is 0 Å². The van der Waals surface area contributed by atoms with E-state index in [4.69, 9.17) is 4.74 Å². The Morgan fingerprint density at radius 1 is 1.04 bits per heavy atom. The highest BCUT2D eigenvalue weighted by atomic mass is 16.5. The summed E-state index contributed by atoms with van der Waals surface area (Å²) in [5.41, 5.74) is 3.15. The van der Waals surface area contributed by atoms with Crippen LogP contribution >= 0.6 is 0 Å². The molecule has 1 aliphatic heterocycles.